The number of nitrogens with two attached hydrogens (primary N) is 1. The van der Waals surface area contributed by atoms with Crippen molar-refractivity contribution < 1.29 is 29.0 Å². The molecule has 0 bridgehead atoms. The molecular weight excluding hydrogens is 476 g/mol. The highest BCUT2D eigenvalue weighted by Crippen LogP contribution is 2.28. The highest BCUT2D eigenvalue weighted by atomic mass is 16.5. The number of aromatic nitrogens is 2. The zero-order valence-electron chi connectivity index (χ0n) is 20.9. The first-order valence-electron chi connectivity index (χ1n) is 11.2. The summed E-state index contributed by atoms with van der Waals surface area (Å²) < 4.78 is 10.4. The standard InChI is InChI=1S/C19H22N2O4.C8H6N2O2/c1-19(2,18(20)23)13-6-8-14(9-7-13)21-17(22)12-5-10-15(24-3)16(11-12)25-4;11-8(12)7-5-3-1-2-4-6(5)9-10-7/h5-11H,1-4H3,(H2,20,23)(H,21,22);1-4H,(H,9,10)(H,11,12). The van der Waals surface area contributed by atoms with Crippen LogP contribution in [0.3, 0.4) is 0 Å². The molecule has 2 amide bonds. The Morgan fingerprint density at radius 1 is 0.946 bits per heavy atom. The first-order valence-corrected chi connectivity index (χ1v) is 11.2. The molecule has 1 heterocycles. The van der Waals surface area contributed by atoms with Gasteiger partial charge >= 0.3 is 5.97 Å². The number of rotatable bonds is 7. The summed E-state index contributed by atoms with van der Waals surface area (Å²) in [6, 6.07) is 19.1. The second-order valence-corrected chi connectivity index (χ2v) is 8.51. The number of hydrogen-bond donors (Lipinski definition) is 4. The summed E-state index contributed by atoms with van der Waals surface area (Å²) in [6.45, 7) is 3.51. The molecule has 4 rings (SSSR count). The number of carbonyl (C=O) groups excluding carboxylic acids is 2. The number of ether oxygens (including phenoxy) is 2. The lowest BCUT2D eigenvalue weighted by molar-refractivity contribution is -0.122. The van der Waals surface area contributed by atoms with Crippen LogP contribution in [0.25, 0.3) is 10.9 Å². The quantitative estimate of drug-likeness (QED) is 0.296. The molecular formula is C27H28N4O6. The van der Waals surface area contributed by atoms with Crippen molar-refractivity contribution in [2.75, 3.05) is 19.5 Å². The lowest BCUT2D eigenvalue weighted by Gasteiger charge is -2.21. The molecule has 5 N–H and O–H groups in total. The number of aromatic carboxylic acids is 1. The molecule has 4 aromatic rings. The minimum atomic E-state index is -1.01. The molecule has 3 aromatic carbocycles. The lowest BCUT2D eigenvalue weighted by Crippen LogP contribution is -2.35. The fraction of sp³-hybridized carbons (Fsp3) is 0.185. The number of methoxy groups -OCH3 is 2. The molecule has 10 nitrogen and oxygen atoms in total. The summed E-state index contributed by atoms with van der Waals surface area (Å²) in [7, 11) is 3.05. The van der Waals surface area contributed by atoms with Gasteiger partial charge in [-0.2, -0.15) is 5.10 Å². The van der Waals surface area contributed by atoms with Crippen LogP contribution in [0.5, 0.6) is 11.5 Å². The molecule has 192 valence electrons. The number of nitrogens with zero attached hydrogens (tertiary/aromatic N) is 1. The molecule has 0 aliphatic rings. The average molecular weight is 505 g/mol. The van der Waals surface area contributed by atoms with Crippen LogP contribution in [-0.4, -0.2) is 47.3 Å². The summed E-state index contributed by atoms with van der Waals surface area (Å²) >= 11 is 0. The van der Waals surface area contributed by atoms with Crippen molar-refractivity contribution >= 4 is 34.4 Å². The van der Waals surface area contributed by atoms with E-state index in [1.165, 1.54) is 14.2 Å². The van der Waals surface area contributed by atoms with Gasteiger partial charge in [-0.1, -0.05) is 30.3 Å². The van der Waals surface area contributed by atoms with Gasteiger partial charge in [0, 0.05) is 16.6 Å². The molecule has 0 spiro atoms. The number of primary amides is 1. The third-order valence-corrected chi connectivity index (χ3v) is 5.80. The molecule has 0 atom stereocenters. The van der Waals surface area contributed by atoms with E-state index in [9.17, 15) is 14.4 Å². The predicted molar refractivity (Wildman–Crippen MR) is 139 cm³/mol. The van der Waals surface area contributed by atoms with Gasteiger partial charge in [-0.3, -0.25) is 14.7 Å². The van der Waals surface area contributed by atoms with Crippen molar-refractivity contribution in [1.82, 2.24) is 10.2 Å². The number of H-pyrrole nitrogens is 1. The molecule has 10 heteroatoms. The summed E-state index contributed by atoms with van der Waals surface area (Å²) in [5.41, 5.74) is 7.31. The molecule has 0 aliphatic heterocycles. The molecule has 0 saturated heterocycles. The van der Waals surface area contributed by atoms with Gasteiger partial charge in [0.25, 0.3) is 5.91 Å². The Labute approximate surface area is 213 Å². The lowest BCUT2D eigenvalue weighted by atomic mass is 9.84. The Morgan fingerprint density at radius 2 is 1.59 bits per heavy atom. The number of hydrogen-bond acceptors (Lipinski definition) is 6. The first kappa shape index (κ1) is 26.7. The monoisotopic (exact) mass is 504 g/mol. The van der Waals surface area contributed by atoms with Gasteiger partial charge in [0.05, 0.1) is 25.2 Å². The number of fused-ring (bicyclic) bond motifs is 1. The highest BCUT2D eigenvalue weighted by molar-refractivity contribution is 6.04. The van der Waals surface area contributed by atoms with Crippen molar-refractivity contribution in [3.8, 4) is 11.5 Å². The van der Waals surface area contributed by atoms with Crippen molar-refractivity contribution in [1.29, 1.82) is 0 Å². The smallest absolute Gasteiger partial charge is 0.357 e. The van der Waals surface area contributed by atoms with E-state index >= 15 is 0 Å². The summed E-state index contributed by atoms with van der Waals surface area (Å²) in [6.07, 6.45) is 0. The molecule has 0 fully saturated rings. The number of para-hydroxylation sites is 1. The van der Waals surface area contributed by atoms with Crippen LogP contribution in [0.4, 0.5) is 5.69 Å². The molecule has 1 aromatic heterocycles. The third kappa shape index (κ3) is 6.04. The maximum absolute atomic E-state index is 12.4. The second-order valence-electron chi connectivity index (χ2n) is 8.51. The summed E-state index contributed by atoms with van der Waals surface area (Å²) in [4.78, 5) is 34.5. The van der Waals surface area contributed by atoms with E-state index in [2.05, 4.69) is 15.5 Å². The maximum atomic E-state index is 12.4. The zero-order chi connectivity index (χ0) is 27.2. The Hall–Kier alpha value is -4.86. The van der Waals surface area contributed by atoms with Crippen LogP contribution < -0.4 is 20.5 Å². The van der Waals surface area contributed by atoms with Crippen molar-refractivity contribution in [2.24, 2.45) is 5.73 Å². The van der Waals surface area contributed by atoms with E-state index in [1.807, 2.05) is 6.07 Å². The van der Waals surface area contributed by atoms with Gasteiger partial charge in [-0.15, -0.1) is 0 Å². The molecule has 0 aliphatic carbocycles. The fourth-order valence-electron chi connectivity index (χ4n) is 3.42. The number of amides is 2. The van der Waals surface area contributed by atoms with Gasteiger partial charge in [0.2, 0.25) is 5.91 Å². The molecule has 0 saturated carbocycles. The van der Waals surface area contributed by atoms with E-state index in [1.54, 1.807) is 74.5 Å². The number of benzene rings is 3. The van der Waals surface area contributed by atoms with Crippen molar-refractivity contribution in [3.63, 3.8) is 0 Å². The SMILES string of the molecule is COc1ccc(C(=O)Nc2ccc(C(C)(C)C(N)=O)cc2)cc1OC.O=C(O)c1n[nH]c2ccccc12. The first-order chi connectivity index (χ1) is 17.6. The number of aromatic amines is 1. The van der Waals surface area contributed by atoms with Crippen LogP contribution in [-0.2, 0) is 10.2 Å². The molecule has 0 radical (unpaired) electrons. The summed E-state index contributed by atoms with van der Waals surface area (Å²) in [5.74, 6) is -0.657. The van der Waals surface area contributed by atoms with E-state index in [4.69, 9.17) is 20.3 Å². The van der Waals surface area contributed by atoms with E-state index < -0.39 is 17.3 Å². The fourth-order valence-corrected chi connectivity index (χ4v) is 3.42. The topological polar surface area (TPSA) is 157 Å². The van der Waals surface area contributed by atoms with Crippen molar-refractivity contribution in [2.45, 2.75) is 19.3 Å². The zero-order valence-corrected chi connectivity index (χ0v) is 20.9. The summed E-state index contributed by atoms with van der Waals surface area (Å²) in [5, 5.41) is 18.4. The van der Waals surface area contributed by atoms with E-state index in [0.717, 1.165) is 11.1 Å². The van der Waals surface area contributed by atoms with Gasteiger partial charge in [-0.05, 0) is 55.8 Å². The number of nitrogens with one attached hydrogen (secondary N) is 2. The second kappa shape index (κ2) is 11.3. The minimum Gasteiger partial charge on any atom is -0.493 e. The van der Waals surface area contributed by atoms with Crippen molar-refractivity contribution in [3.05, 3.63) is 83.6 Å². The maximum Gasteiger partial charge on any atom is 0.357 e. The van der Waals surface area contributed by atoms with Crippen LogP contribution in [0.2, 0.25) is 0 Å². The Kier molecular flexibility index (Phi) is 8.13. The van der Waals surface area contributed by atoms with E-state index in [-0.39, 0.29) is 11.6 Å². The van der Waals surface area contributed by atoms with Crippen LogP contribution in [0, 0.1) is 0 Å². The predicted octanol–water partition coefficient (Wildman–Crippen LogP) is 3.98. The highest BCUT2D eigenvalue weighted by Gasteiger charge is 2.27. The van der Waals surface area contributed by atoms with Crippen LogP contribution >= 0.6 is 0 Å². The molecule has 37 heavy (non-hydrogen) atoms. The third-order valence-electron chi connectivity index (χ3n) is 5.80. The average Bonchev–Trinajstić information content (AvgIpc) is 3.33. The Bertz CT molecular complexity index is 1430. The minimum absolute atomic E-state index is 0.0746. The van der Waals surface area contributed by atoms with Gasteiger partial charge in [-0.25, -0.2) is 4.79 Å². The Balaban J connectivity index is 0.000000262. The van der Waals surface area contributed by atoms with Gasteiger partial charge in [0.15, 0.2) is 17.2 Å². The number of anilines is 1. The number of carboxylic acids is 1. The van der Waals surface area contributed by atoms with E-state index in [0.29, 0.717) is 28.1 Å². The van der Waals surface area contributed by atoms with Crippen LogP contribution in [0.15, 0.2) is 66.7 Å². The van der Waals surface area contributed by atoms with Crippen LogP contribution in [0.1, 0.15) is 40.3 Å². The number of carbonyl (C=O) groups is 3. The van der Waals surface area contributed by atoms with Gasteiger partial charge in [0.1, 0.15) is 0 Å². The largest absolute Gasteiger partial charge is 0.493 e. The molecule has 0 unspecified atom stereocenters. The number of carboxylic acid groups (broad SMARTS) is 1. The van der Waals surface area contributed by atoms with Gasteiger partial charge < -0.3 is 25.6 Å². The normalized spacial score (nSPS) is 10.7. The Morgan fingerprint density at radius 3 is 2.19 bits per heavy atom.